The van der Waals surface area contributed by atoms with Crippen LogP contribution in [0.2, 0.25) is 0 Å². The molecular weight excluding hydrogens is 420 g/mol. The molecule has 8 nitrogen and oxygen atoms in total. The highest BCUT2D eigenvalue weighted by atomic mass is 32.2. The van der Waals surface area contributed by atoms with Gasteiger partial charge in [-0.2, -0.15) is 0 Å². The maximum atomic E-state index is 12.5. The van der Waals surface area contributed by atoms with Crippen LogP contribution in [0.5, 0.6) is 5.75 Å². The Bertz CT molecular complexity index is 1320. The molecule has 162 valence electrons. The third-order valence-corrected chi connectivity index (χ3v) is 5.48. The van der Waals surface area contributed by atoms with E-state index in [0.29, 0.717) is 34.6 Å². The number of rotatable bonds is 7. The Hall–Kier alpha value is -3.43. The number of nitrogens with two attached hydrogens (primary N) is 1. The van der Waals surface area contributed by atoms with Gasteiger partial charge in [-0.3, -0.25) is 4.79 Å². The van der Waals surface area contributed by atoms with E-state index < -0.39 is 21.6 Å². The van der Waals surface area contributed by atoms with Crippen molar-refractivity contribution < 1.29 is 22.4 Å². The molecule has 1 heterocycles. The first-order chi connectivity index (χ1) is 14.5. The number of hydrogen-bond acceptors (Lipinski definition) is 6. The Balaban J connectivity index is 1.80. The zero-order valence-electron chi connectivity index (χ0n) is 17.1. The maximum absolute atomic E-state index is 12.5. The van der Waals surface area contributed by atoms with Crippen molar-refractivity contribution in [3.05, 3.63) is 76.2 Å². The first-order valence-electron chi connectivity index (χ1n) is 9.31. The third kappa shape index (κ3) is 5.39. The Morgan fingerprint density at radius 2 is 1.87 bits per heavy atom. The van der Waals surface area contributed by atoms with Crippen LogP contribution in [0.4, 0.5) is 5.69 Å². The fourth-order valence-electron chi connectivity index (χ4n) is 2.97. The number of anilines is 1. The van der Waals surface area contributed by atoms with Gasteiger partial charge in [-0.25, -0.2) is 18.4 Å². The Morgan fingerprint density at radius 3 is 2.48 bits per heavy atom. The van der Waals surface area contributed by atoms with E-state index in [1.54, 1.807) is 25.1 Å². The zero-order valence-corrected chi connectivity index (χ0v) is 17.9. The van der Waals surface area contributed by atoms with Gasteiger partial charge in [-0.05, 0) is 61.4 Å². The largest absolute Gasteiger partial charge is 0.489 e. The fraction of sp³-hybridized carbons (Fsp3) is 0.182. The number of benzene rings is 2. The number of amides is 1. The van der Waals surface area contributed by atoms with Crippen LogP contribution in [-0.4, -0.2) is 20.9 Å². The molecule has 0 saturated heterocycles. The minimum absolute atomic E-state index is 0.0666. The number of carbonyl (C=O) groups is 1. The van der Waals surface area contributed by atoms with Crippen LogP contribution >= 0.6 is 0 Å². The minimum Gasteiger partial charge on any atom is -0.489 e. The molecule has 0 fully saturated rings. The topological polar surface area (TPSA) is 129 Å². The molecule has 3 N–H and O–H groups in total. The summed E-state index contributed by atoms with van der Waals surface area (Å²) in [4.78, 5) is 24.9. The summed E-state index contributed by atoms with van der Waals surface area (Å²) in [6.07, 6.45) is -0.199. The second-order valence-corrected chi connectivity index (χ2v) is 8.75. The van der Waals surface area contributed by atoms with Crippen molar-refractivity contribution >= 4 is 32.6 Å². The number of fused-ring (bicyclic) bond motifs is 1. The van der Waals surface area contributed by atoms with Gasteiger partial charge in [0.2, 0.25) is 15.9 Å². The van der Waals surface area contributed by atoms with Crippen LogP contribution in [0.1, 0.15) is 18.1 Å². The number of primary sulfonamides is 1. The molecule has 0 aliphatic heterocycles. The lowest BCUT2D eigenvalue weighted by Crippen LogP contribution is -2.20. The summed E-state index contributed by atoms with van der Waals surface area (Å²) in [6, 6.07) is 10.6. The molecule has 9 heteroatoms. The SMILES string of the molecule is C=C(C)COc1ccc2c(C)c(CC(=O)Nc3ccc(S(N)(=O)=O)cc3)c(=O)oc2c1. The summed E-state index contributed by atoms with van der Waals surface area (Å²) < 4.78 is 33.6. The van der Waals surface area contributed by atoms with Crippen molar-refractivity contribution in [2.45, 2.75) is 25.2 Å². The van der Waals surface area contributed by atoms with Gasteiger partial charge in [-0.15, -0.1) is 0 Å². The van der Waals surface area contributed by atoms with Crippen LogP contribution in [0.15, 0.2) is 68.7 Å². The third-order valence-electron chi connectivity index (χ3n) is 4.55. The van der Waals surface area contributed by atoms with Gasteiger partial charge in [0.15, 0.2) is 0 Å². The number of ether oxygens (including phenoxy) is 1. The summed E-state index contributed by atoms with van der Waals surface area (Å²) in [5.41, 5.74) is 1.86. The summed E-state index contributed by atoms with van der Waals surface area (Å²) in [7, 11) is -3.82. The Labute approximate surface area is 179 Å². The summed E-state index contributed by atoms with van der Waals surface area (Å²) in [6.45, 7) is 7.72. The summed E-state index contributed by atoms with van der Waals surface area (Å²) in [5, 5.41) is 8.38. The highest BCUT2D eigenvalue weighted by Crippen LogP contribution is 2.25. The fourth-order valence-corrected chi connectivity index (χ4v) is 3.48. The molecule has 0 atom stereocenters. The molecule has 0 saturated carbocycles. The first kappa shape index (κ1) is 22.3. The van der Waals surface area contributed by atoms with E-state index in [0.717, 1.165) is 5.57 Å². The van der Waals surface area contributed by atoms with Gasteiger partial charge in [0.1, 0.15) is 17.9 Å². The van der Waals surface area contributed by atoms with Gasteiger partial charge in [-0.1, -0.05) is 6.58 Å². The number of nitrogens with one attached hydrogen (secondary N) is 1. The van der Waals surface area contributed by atoms with Crippen LogP contribution < -0.4 is 20.8 Å². The quantitative estimate of drug-likeness (QED) is 0.428. The predicted molar refractivity (Wildman–Crippen MR) is 118 cm³/mol. The lowest BCUT2D eigenvalue weighted by molar-refractivity contribution is -0.115. The zero-order chi connectivity index (χ0) is 22.8. The average Bonchev–Trinajstić information content (AvgIpc) is 2.69. The molecular formula is C22H22N2O6S. The highest BCUT2D eigenvalue weighted by Gasteiger charge is 2.16. The molecule has 31 heavy (non-hydrogen) atoms. The van der Waals surface area contributed by atoms with E-state index in [-0.39, 0.29) is 16.9 Å². The maximum Gasteiger partial charge on any atom is 0.340 e. The van der Waals surface area contributed by atoms with Crippen molar-refractivity contribution in [1.29, 1.82) is 0 Å². The van der Waals surface area contributed by atoms with Crippen LogP contribution in [0.25, 0.3) is 11.0 Å². The standard InChI is InChI=1S/C22H22N2O6S/c1-13(2)12-29-16-6-9-18-14(3)19(22(26)30-20(18)10-16)11-21(25)24-15-4-7-17(8-5-15)31(23,27)28/h4-10H,1,11-12H2,2-3H3,(H,24,25)(H2,23,27,28). The minimum atomic E-state index is -3.82. The number of hydrogen-bond donors (Lipinski definition) is 2. The molecule has 0 aliphatic rings. The number of aryl methyl sites for hydroxylation is 1. The number of carbonyl (C=O) groups excluding carboxylic acids is 1. The second-order valence-electron chi connectivity index (χ2n) is 7.19. The average molecular weight is 442 g/mol. The lowest BCUT2D eigenvalue weighted by Gasteiger charge is -2.11. The van der Waals surface area contributed by atoms with Gasteiger partial charge < -0.3 is 14.5 Å². The molecule has 0 unspecified atom stereocenters. The molecule has 1 aromatic heterocycles. The monoisotopic (exact) mass is 442 g/mol. The van der Waals surface area contributed by atoms with E-state index >= 15 is 0 Å². The highest BCUT2D eigenvalue weighted by molar-refractivity contribution is 7.89. The van der Waals surface area contributed by atoms with E-state index in [9.17, 15) is 18.0 Å². The molecule has 0 radical (unpaired) electrons. The Morgan fingerprint density at radius 1 is 1.19 bits per heavy atom. The molecule has 3 aromatic rings. The van der Waals surface area contributed by atoms with Crippen LogP contribution in [0, 0.1) is 6.92 Å². The normalized spacial score (nSPS) is 11.3. The predicted octanol–water partition coefficient (Wildman–Crippen LogP) is 2.88. The van der Waals surface area contributed by atoms with Crippen molar-refractivity contribution in [2.75, 3.05) is 11.9 Å². The van der Waals surface area contributed by atoms with Crippen LogP contribution in [-0.2, 0) is 21.2 Å². The van der Waals surface area contributed by atoms with E-state index in [4.69, 9.17) is 14.3 Å². The second kappa shape index (κ2) is 8.75. The molecule has 0 bridgehead atoms. The van der Waals surface area contributed by atoms with Crippen LogP contribution in [0.3, 0.4) is 0 Å². The number of sulfonamides is 1. The molecule has 3 rings (SSSR count). The lowest BCUT2D eigenvalue weighted by atomic mass is 10.0. The van der Waals surface area contributed by atoms with E-state index in [1.165, 1.54) is 24.3 Å². The molecule has 0 spiro atoms. The molecule has 2 aromatic carbocycles. The summed E-state index contributed by atoms with van der Waals surface area (Å²) >= 11 is 0. The van der Waals surface area contributed by atoms with Crippen molar-refractivity contribution in [1.82, 2.24) is 0 Å². The van der Waals surface area contributed by atoms with Crippen molar-refractivity contribution in [3.8, 4) is 5.75 Å². The summed E-state index contributed by atoms with van der Waals surface area (Å²) in [5.74, 6) is 0.103. The smallest absolute Gasteiger partial charge is 0.340 e. The first-order valence-corrected chi connectivity index (χ1v) is 10.9. The van der Waals surface area contributed by atoms with Crippen molar-refractivity contribution in [2.24, 2.45) is 5.14 Å². The Kier molecular flexibility index (Phi) is 6.28. The van der Waals surface area contributed by atoms with Crippen molar-refractivity contribution in [3.63, 3.8) is 0 Å². The van der Waals surface area contributed by atoms with Gasteiger partial charge in [0, 0.05) is 17.1 Å². The van der Waals surface area contributed by atoms with E-state index in [2.05, 4.69) is 11.9 Å². The molecule has 1 amide bonds. The van der Waals surface area contributed by atoms with Gasteiger partial charge in [0.25, 0.3) is 0 Å². The van der Waals surface area contributed by atoms with Gasteiger partial charge >= 0.3 is 5.63 Å². The van der Waals surface area contributed by atoms with E-state index in [1.807, 2.05) is 6.92 Å². The van der Waals surface area contributed by atoms with Gasteiger partial charge in [0.05, 0.1) is 16.9 Å². The molecule has 0 aliphatic carbocycles.